The number of hydrogen-bond donors (Lipinski definition) is 1. The normalized spacial score (nSPS) is 19.3. The Bertz CT molecular complexity index is 1460. The molecule has 0 bridgehead atoms. The molecule has 2 atom stereocenters. The van der Waals surface area contributed by atoms with Crippen molar-refractivity contribution in [2.24, 2.45) is 0 Å². The Morgan fingerprint density at radius 1 is 0.941 bits per heavy atom. The molecule has 2 aliphatic rings. The van der Waals surface area contributed by atoms with Crippen LogP contribution in [0.4, 0.5) is 10.5 Å². The van der Waals surface area contributed by atoms with E-state index in [9.17, 15) is 14.4 Å². The van der Waals surface area contributed by atoms with Crippen LogP contribution in [-0.2, 0) is 16.0 Å². The number of imide groups is 1. The second-order valence-electron chi connectivity index (χ2n) is 8.47. The van der Waals surface area contributed by atoms with E-state index in [0.717, 1.165) is 32.6 Å². The van der Waals surface area contributed by atoms with E-state index >= 15 is 0 Å². The van der Waals surface area contributed by atoms with Crippen LogP contribution in [0.5, 0.6) is 0 Å². The maximum Gasteiger partial charge on any atom is 0.339 e. The van der Waals surface area contributed by atoms with Crippen LogP contribution in [0.1, 0.15) is 33.2 Å². The van der Waals surface area contributed by atoms with Gasteiger partial charge in [0.25, 0.3) is 5.91 Å². The Morgan fingerprint density at radius 2 is 1.65 bits per heavy atom. The molecule has 1 saturated heterocycles. The van der Waals surface area contributed by atoms with Crippen molar-refractivity contribution in [2.75, 3.05) is 12.0 Å². The number of amides is 3. The number of ether oxygens (including phenoxy) is 1. The number of fused-ring (bicyclic) bond motifs is 4. The smallest absolute Gasteiger partial charge is 0.339 e. The van der Waals surface area contributed by atoms with Crippen molar-refractivity contribution in [1.82, 2.24) is 9.88 Å². The lowest BCUT2D eigenvalue weighted by molar-refractivity contribution is -0.120. The highest BCUT2D eigenvalue weighted by molar-refractivity contribution is 6.23. The summed E-state index contributed by atoms with van der Waals surface area (Å²) in [6.07, 6.45) is 0.393. The monoisotopic (exact) mass is 451 g/mol. The van der Waals surface area contributed by atoms with Gasteiger partial charge in [0.2, 0.25) is 0 Å². The Kier molecular flexibility index (Phi) is 4.52. The number of nitrogens with zero attached hydrogens (tertiary/aromatic N) is 2. The second-order valence-corrected chi connectivity index (χ2v) is 8.47. The quantitative estimate of drug-likeness (QED) is 0.369. The maximum absolute atomic E-state index is 13.9. The molecule has 1 fully saturated rings. The fraction of sp³-hybridized carbons (Fsp3) is 0.148. The molecule has 7 nitrogen and oxygen atoms in total. The Morgan fingerprint density at radius 3 is 2.44 bits per heavy atom. The first kappa shape index (κ1) is 20.2. The van der Waals surface area contributed by atoms with Crippen LogP contribution in [-0.4, -0.2) is 40.9 Å². The fourth-order valence-electron chi connectivity index (χ4n) is 5.23. The summed E-state index contributed by atoms with van der Waals surface area (Å²) in [6.45, 7) is 0. The molecule has 0 aliphatic carbocycles. The molecule has 6 rings (SSSR count). The zero-order valence-electron chi connectivity index (χ0n) is 18.4. The number of para-hydroxylation sites is 2. The van der Waals surface area contributed by atoms with Crippen LogP contribution in [0.15, 0.2) is 78.9 Å². The summed E-state index contributed by atoms with van der Waals surface area (Å²) in [5.41, 5.74) is 4.24. The number of benzene rings is 3. The average Bonchev–Trinajstić information content (AvgIpc) is 3.37. The van der Waals surface area contributed by atoms with E-state index in [1.165, 1.54) is 7.11 Å². The number of nitrogens with one attached hydrogen (secondary N) is 1. The summed E-state index contributed by atoms with van der Waals surface area (Å²) >= 11 is 0. The van der Waals surface area contributed by atoms with Gasteiger partial charge in [-0.2, -0.15) is 0 Å². The molecule has 0 radical (unpaired) electrons. The molecule has 34 heavy (non-hydrogen) atoms. The fourth-order valence-corrected chi connectivity index (χ4v) is 5.23. The highest BCUT2D eigenvalue weighted by Crippen LogP contribution is 2.45. The van der Waals surface area contributed by atoms with Crippen molar-refractivity contribution in [3.8, 4) is 0 Å². The van der Waals surface area contributed by atoms with Crippen LogP contribution < -0.4 is 4.90 Å². The SMILES string of the molecule is COC(=O)c1ccccc1N1C(=O)[C@@H]2Cc3c([nH]c4ccccc34)C(c3ccccc3)N2C1=O. The predicted octanol–water partition coefficient (Wildman–Crippen LogP) is 4.44. The Labute approximate surface area is 195 Å². The van der Waals surface area contributed by atoms with Gasteiger partial charge in [-0.3, -0.25) is 9.69 Å². The van der Waals surface area contributed by atoms with Gasteiger partial charge in [-0.25, -0.2) is 14.5 Å². The number of aromatic nitrogens is 1. The highest BCUT2D eigenvalue weighted by Gasteiger charge is 2.53. The summed E-state index contributed by atoms with van der Waals surface area (Å²) in [6, 6.07) is 22.6. The number of H-pyrrole nitrogens is 1. The number of anilines is 1. The maximum atomic E-state index is 13.9. The van der Waals surface area contributed by atoms with E-state index in [2.05, 4.69) is 4.98 Å². The Balaban J connectivity index is 1.54. The van der Waals surface area contributed by atoms with Crippen molar-refractivity contribution in [3.63, 3.8) is 0 Å². The van der Waals surface area contributed by atoms with Crippen molar-refractivity contribution >= 4 is 34.5 Å². The number of aromatic amines is 1. The first-order chi connectivity index (χ1) is 16.6. The highest BCUT2D eigenvalue weighted by atomic mass is 16.5. The number of methoxy groups -OCH3 is 1. The summed E-state index contributed by atoms with van der Waals surface area (Å²) in [5.74, 6) is -0.949. The minimum Gasteiger partial charge on any atom is -0.465 e. The van der Waals surface area contributed by atoms with E-state index in [0.29, 0.717) is 6.42 Å². The molecular weight excluding hydrogens is 430 g/mol. The van der Waals surface area contributed by atoms with Crippen molar-refractivity contribution in [1.29, 1.82) is 0 Å². The number of urea groups is 1. The lowest BCUT2D eigenvalue weighted by atomic mass is 9.89. The van der Waals surface area contributed by atoms with Gasteiger partial charge in [0.1, 0.15) is 12.1 Å². The van der Waals surface area contributed by atoms with Crippen molar-refractivity contribution < 1.29 is 19.1 Å². The number of esters is 1. The van der Waals surface area contributed by atoms with Crippen LogP contribution >= 0.6 is 0 Å². The first-order valence-electron chi connectivity index (χ1n) is 11.1. The lowest BCUT2D eigenvalue weighted by Gasteiger charge is -2.36. The number of hydrogen-bond acceptors (Lipinski definition) is 4. The molecule has 4 aromatic rings. The summed E-state index contributed by atoms with van der Waals surface area (Å²) < 4.78 is 4.90. The third-order valence-electron chi connectivity index (χ3n) is 6.71. The van der Waals surface area contributed by atoms with E-state index in [1.807, 2.05) is 54.6 Å². The molecule has 3 heterocycles. The third-order valence-corrected chi connectivity index (χ3v) is 6.71. The molecule has 1 unspecified atom stereocenters. The van der Waals surface area contributed by atoms with Gasteiger partial charge in [-0.15, -0.1) is 0 Å². The van der Waals surface area contributed by atoms with Crippen molar-refractivity contribution in [3.05, 3.63) is 101 Å². The summed E-state index contributed by atoms with van der Waals surface area (Å²) in [4.78, 5) is 46.3. The predicted molar refractivity (Wildman–Crippen MR) is 127 cm³/mol. The largest absolute Gasteiger partial charge is 0.465 e. The zero-order chi connectivity index (χ0) is 23.4. The molecular formula is C27H21N3O4. The zero-order valence-corrected chi connectivity index (χ0v) is 18.4. The van der Waals surface area contributed by atoms with Crippen molar-refractivity contribution in [2.45, 2.75) is 18.5 Å². The van der Waals surface area contributed by atoms with Gasteiger partial charge in [-0.05, 0) is 29.3 Å². The third kappa shape index (κ3) is 2.80. The van der Waals surface area contributed by atoms with E-state index in [-0.39, 0.29) is 17.2 Å². The number of carbonyl (C=O) groups excluding carboxylic acids is 3. The molecule has 1 aromatic heterocycles. The van der Waals surface area contributed by atoms with E-state index in [4.69, 9.17) is 4.74 Å². The standard InChI is InChI=1S/C27H21N3O4/c1-34-26(32)18-12-6-8-14-21(18)30-25(31)22-15-19-17-11-5-7-13-20(17)28-23(19)24(29(22)27(30)33)16-9-3-2-4-10-16/h2-14,22,24,28H,15H2,1H3/t22-,24?/m0/s1. The minimum absolute atomic E-state index is 0.173. The number of rotatable bonds is 3. The van der Waals surface area contributed by atoms with Gasteiger partial charge in [0.15, 0.2) is 0 Å². The van der Waals surface area contributed by atoms with Gasteiger partial charge in [0, 0.05) is 23.0 Å². The molecule has 2 aliphatic heterocycles. The molecule has 0 saturated carbocycles. The van der Waals surface area contributed by atoms with Gasteiger partial charge < -0.3 is 9.72 Å². The van der Waals surface area contributed by atoms with Gasteiger partial charge >= 0.3 is 12.0 Å². The van der Waals surface area contributed by atoms with E-state index in [1.54, 1.807) is 29.2 Å². The average molecular weight is 451 g/mol. The molecule has 0 spiro atoms. The topological polar surface area (TPSA) is 82.7 Å². The van der Waals surface area contributed by atoms with Crippen LogP contribution in [0.25, 0.3) is 10.9 Å². The van der Waals surface area contributed by atoms with Crippen LogP contribution in [0.2, 0.25) is 0 Å². The van der Waals surface area contributed by atoms with Crippen LogP contribution in [0, 0.1) is 0 Å². The van der Waals surface area contributed by atoms with Gasteiger partial charge in [0.05, 0.1) is 18.4 Å². The molecule has 3 amide bonds. The lowest BCUT2D eigenvalue weighted by Crippen LogP contribution is -2.44. The van der Waals surface area contributed by atoms with Crippen LogP contribution in [0.3, 0.4) is 0 Å². The molecule has 3 aromatic carbocycles. The van der Waals surface area contributed by atoms with Gasteiger partial charge in [-0.1, -0.05) is 60.7 Å². The second kappa shape index (κ2) is 7.59. The minimum atomic E-state index is -0.685. The summed E-state index contributed by atoms with van der Waals surface area (Å²) in [7, 11) is 1.28. The summed E-state index contributed by atoms with van der Waals surface area (Å²) in [5, 5.41) is 1.05. The first-order valence-corrected chi connectivity index (χ1v) is 11.1. The van der Waals surface area contributed by atoms with E-state index < -0.39 is 24.1 Å². The molecule has 7 heteroatoms. The number of carbonyl (C=O) groups is 3. The molecule has 168 valence electrons. The molecule has 1 N–H and O–H groups in total. The Hall–Kier alpha value is -4.39.